The van der Waals surface area contributed by atoms with Gasteiger partial charge in [0.15, 0.2) is 14.5 Å². The van der Waals surface area contributed by atoms with Crippen molar-refractivity contribution in [2.24, 2.45) is 0 Å². The summed E-state index contributed by atoms with van der Waals surface area (Å²) in [5, 5.41) is -0.00632. The van der Waals surface area contributed by atoms with Crippen molar-refractivity contribution < 1.29 is 18.6 Å². The molecule has 0 spiro atoms. The monoisotopic (exact) mass is 428 g/mol. The van der Waals surface area contributed by atoms with Crippen molar-refractivity contribution in [1.29, 1.82) is 0 Å². The quantitative estimate of drug-likeness (QED) is 0.701. The van der Waals surface area contributed by atoms with Gasteiger partial charge in [-0.1, -0.05) is 20.8 Å². The number of rotatable bonds is 6. The molecular weight excluding hydrogens is 392 g/mol. The van der Waals surface area contributed by atoms with Gasteiger partial charge in [-0.15, -0.1) is 0 Å². The largest absolute Gasteiger partial charge is 0.408 e. The third-order valence-corrected chi connectivity index (χ3v) is 10.1. The van der Waals surface area contributed by atoms with Crippen molar-refractivity contribution in [2.75, 3.05) is 13.7 Å². The first-order chi connectivity index (χ1) is 13.2. The molecule has 0 bridgehead atoms. The van der Waals surface area contributed by atoms with Gasteiger partial charge in [-0.25, -0.2) is 4.79 Å². The summed E-state index contributed by atoms with van der Waals surface area (Å²) in [7, 11) is -0.582. The summed E-state index contributed by atoms with van der Waals surface area (Å²) in [4.78, 5) is 26.1. The average molecular weight is 429 g/mol. The number of aromatic amines is 1. The Balaban J connectivity index is 2.41. The molecule has 166 valence electrons. The van der Waals surface area contributed by atoms with Crippen LogP contribution in [0.5, 0.6) is 0 Å². The molecule has 0 aromatic carbocycles. The zero-order chi connectivity index (χ0) is 22.2. The van der Waals surface area contributed by atoms with Gasteiger partial charge in [-0.3, -0.25) is 14.3 Å². The van der Waals surface area contributed by atoms with Gasteiger partial charge >= 0.3 is 5.69 Å². The van der Waals surface area contributed by atoms with Crippen LogP contribution in [0.25, 0.3) is 0 Å². The minimum atomic E-state index is -2.16. The van der Waals surface area contributed by atoms with Crippen molar-refractivity contribution in [1.82, 2.24) is 9.55 Å². The van der Waals surface area contributed by atoms with Crippen LogP contribution in [0.1, 0.15) is 47.8 Å². The first-order valence-corrected chi connectivity index (χ1v) is 12.9. The van der Waals surface area contributed by atoms with E-state index >= 15 is 0 Å². The molecule has 0 aliphatic carbocycles. The molecule has 0 saturated carbocycles. The second-order valence-corrected chi connectivity index (χ2v) is 14.8. The van der Waals surface area contributed by atoms with E-state index in [0.29, 0.717) is 6.61 Å². The molecule has 29 heavy (non-hydrogen) atoms. The number of methoxy groups -OCH3 is 1. The molecule has 1 unspecified atom stereocenters. The molecule has 1 aliphatic heterocycles. The van der Waals surface area contributed by atoms with Gasteiger partial charge in [0.25, 0.3) is 5.56 Å². The van der Waals surface area contributed by atoms with E-state index in [4.69, 9.17) is 18.6 Å². The number of nitrogens with one attached hydrogen (secondary N) is 1. The maximum Gasteiger partial charge on any atom is 0.330 e. The van der Waals surface area contributed by atoms with Gasteiger partial charge in [0, 0.05) is 19.4 Å². The molecule has 1 aromatic heterocycles. The van der Waals surface area contributed by atoms with Crippen LogP contribution in [0.15, 0.2) is 21.9 Å². The van der Waals surface area contributed by atoms with E-state index in [9.17, 15) is 9.59 Å². The Bertz CT molecular complexity index is 805. The molecule has 8 nitrogen and oxygen atoms in total. The molecule has 2 heterocycles. The maximum absolute atomic E-state index is 12.4. The molecule has 1 N–H and O–H groups in total. The average Bonchev–Trinajstić information content (AvgIpc) is 2.88. The highest BCUT2D eigenvalue weighted by atomic mass is 28.4. The molecule has 1 aromatic rings. The van der Waals surface area contributed by atoms with Crippen molar-refractivity contribution in [3.05, 3.63) is 33.1 Å². The van der Waals surface area contributed by atoms with E-state index in [-0.39, 0.29) is 10.6 Å². The minimum absolute atomic E-state index is 0.00632. The number of ether oxygens (including phenoxy) is 3. The predicted molar refractivity (Wildman–Crippen MR) is 114 cm³/mol. The molecule has 0 radical (unpaired) electrons. The topological polar surface area (TPSA) is 91.8 Å². The standard InChI is InChI=1S/C20H36N2O6Si/c1-19(2,3)26-12-13-15(28-29(8,9)20(4,5)6)16(25-7)17(27-13)22-11-10-14(23)21-18(22)24/h10-11,13,15-17H,12H2,1-9H3,(H,21,23,24)/t13-,15?,16-,17-/m1/s1. The van der Waals surface area contributed by atoms with Gasteiger partial charge in [-0.05, 0) is 38.9 Å². The smallest absolute Gasteiger partial charge is 0.330 e. The zero-order valence-electron chi connectivity index (χ0n) is 19.1. The van der Waals surface area contributed by atoms with Crippen molar-refractivity contribution in [2.45, 2.75) is 89.8 Å². The Morgan fingerprint density at radius 1 is 1.14 bits per heavy atom. The van der Waals surface area contributed by atoms with Crippen molar-refractivity contribution >= 4 is 8.32 Å². The van der Waals surface area contributed by atoms with Crippen LogP contribution in [0, 0.1) is 0 Å². The van der Waals surface area contributed by atoms with Gasteiger partial charge in [-0.2, -0.15) is 0 Å². The lowest BCUT2D eigenvalue weighted by atomic mass is 10.1. The van der Waals surface area contributed by atoms with Gasteiger partial charge < -0.3 is 18.6 Å². The Labute approximate surface area is 173 Å². The molecule has 1 aliphatic rings. The Morgan fingerprint density at radius 3 is 2.24 bits per heavy atom. The van der Waals surface area contributed by atoms with Crippen molar-refractivity contribution in [3.8, 4) is 0 Å². The molecule has 1 fully saturated rings. The van der Waals surface area contributed by atoms with E-state index in [1.165, 1.54) is 16.8 Å². The van der Waals surface area contributed by atoms with E-state index in [1.54, 1.807) is 7.11 Å². The third-order valence-electron chi connectivity index (χ3n) is 5.60. The Hall–Kier alpha value is -1.26. The first kappa shape index (κ1) is 24.0. The van der Waals surface area contributed by atoms with Crippen LogP contribution >= 0.6 is 0 Å². The zero-order valence-corrected chi connectivity index (χ0v) is 20.1. The number of hydrogen-bond acceptors (Lipinski definition) is 6. The van der Waals surface area contributed by atoms with Gasteiger partial charge in [0.1, 0.15) is 18.3 Å². The lowest BCUT2D eigenvalue weighted by Gasteiger charge is -2.40. The SMILES string of the molecule is CO[C@@H]1C(O[Si](C)(C)C(C)(C)C)[C@@H](COC(C)(C)C)O[C@H]1n1ccc(=O)[nH]c1=O. The number of H-pyrrole nitrogens is 1. The number of nitrogens with zero attached hydrogens (tertiary/aromatic N) is 1. The molecular formula is C20H36N2O6Si. The number of hydrogen-bond donors (Lipinski definition) is 1. The van der Waals surface area contributed by atoms with Crippen LogP contribution in [0.2, 0.25) is 18.1 Å². The molecule has 1 saturated heterocycles. The van der Waals surface area contributed by atoms with Crippen LogP contribution in [-0.4, -0.2) is 55.5 Å². The predicted octanol–water partition coefficient (Wildman–Crippen LogP) is 2.65. The second kappa shape index (κ2) is 8.47. The van der Waals surface area contributed by atoms with Crippen molar-refractivity contribution in [3.63, 3.8) is 0 Å². The summed E-state index contributed by atoms with van der Waals surface area (Å²) in [6, 6.07) is 1.29. The van der Waals surface area contributed by atoms with E-state index in [1.807, 2.05) is 20.8 Å². The summed E-state index contributed by atoms with van der Waals surface area (Å²) < 4.78 is 26.0. The highest BCUT2D eigenvalue weighted by molar-refractivity contribution is 6.74. The summed E-state index contributed by atoms with van der Waals surface area (Å²) in [6.07, 6.45) is -0.660. The van der Waals surface area contributed by atoms with E-state index < -0.39 is 44.1 Å². The summed E-state index contributed by atoms with van der Waals surface area (Å²) in [6.45, 7) is 17.1. The highest BCUT2D eigenvalue weighted by Gasteiger charge is 2.51. The fraction of sp³-hybridized carbons (Fsp3) is 0.800. The summed E-state index contributed by atoms with van der Waals surface area (Å²) >= 11 is 0. The Kier molecular flexibility index (Phi) is 7.01. The van der Waals surface area contributed by atoms with Crippen LogP contribution < -0.4 is 11.2 Å². The molecule has 0 amide bonds. The summed E-state index contributed by atoms with van der Waals surface area (Å²) in [5.74, 6) is 0. The first-order valence-electron chi connectivity index (χ1n) is 9.98. The fourth-order valence-corrected chi connectivity index (χ4v) is 4.26. The summed E-state index contributed by atoms with van der Waals surface area (Å²) in [5.41, 5.74) is -1.35. The normalized spacial score (nSPS) is 26.1. The lowest BCUT2D eigenvalue weighted by Crippen LogP contribution is -2.50. The van der Waals surface area contributed by atoms with Crippen LogP contribution in [0.4, 0.5) is 0 Å². The van der Waals surface area contributed by atoms with E-state index in [0.717, 1.165) is 0 Å². The van der Waals surface area contributed by atoms with Gasteiger partial charge in [0.2, 0.25) is 0 Å². The molecule has 2 rings (SSSR count). The minimum Gasteiger partial charge on any atom is -0.408 e. The maximum atomic E-state index is 12.4. The van der Waals surface area contributed by atoms with Crippen LogP contribution in [0.3, 0.4) is 0 Å². The lowest BCUT2D eigenvalue weighted by molar-refractivity contribution is -0.100. The Morgan fingerprint density at radius 2 is 1.76 bits per heavy atom. The molecule has 9 heteroatoms. The van der Waals surface area contributed by atoms with Crippen LogP contribution in [-0.2, 0) is 18.6 Å². The highest BCUT2D eigenvalue weighted by Crippen LogP contribution is 2.42. The third kappa shape index (κ3) is 5.67. The molecule has 4 atom stereocenters. The second-order valence-electron chi connectivity index (χ2n) is 10.0. The fourth-order valence-electron chi connectivity index (χ4n) is 2.94. The van der Waals surface area contributed by atoms with Gasteiger partial charge in [0.05, 0.1) is 12.2 Å². The number of aromatic nitrogens is 2. The van der Waals surface area contributed by atoms with E-state index in [2.05, 4.69) is 38.8 Å².